The van der Waals surface area contributed by atoms with Gasteiger partial charge >= 0.3 is 5.97 Å². The van der Waals surface area contributed by atoms with E-state index >= 15 is 0 Å². The fraction of sp³-hybridized carbons (Fsp3) is 0.795. The highest BCUT2D eigenvalue weighted by Gasteiger charge is 2.61. The maximum atomic E-state index is 12.5. The summed E-state index contributed by atoms with van der Waals surface area (Å²) in [5.41, 5.74) is 4.16. The van der Waals surface area contributed by atoms with Crippen molar-refractivity contribution in [1.29, 1.82) is 0 Å². The maximum Gasteiger partial charge on any atom is 0.309 e. The van der Waals surface area contributed by atoms with Crippen LogP contribution in [0.1, 0.15) is 169 Å². The number of amides is 2. The van der Waals surface area contributed by atoms with E-state index in [1.807, 2.05) is 46.8 Å². The number of allylic oxidation sites excluding steroid dienone is 3. The summed E-state index contributed by atoms with van der Waals surface area (Å²) >= 11 is 0. The summed E-state index contributed by atoms with van der Waals surface area (Å²) in [5, 5.41) is 13.4. The van der Waals surface area contributed by atoms with Gasteiger partial charge in [-0.3, -0.25) is 23.8 Å². The lowest BCUT2D eigenvalue weighted by Crippen LogP contribution is -2.50. The average molecular weight is 919 g/mol. The van der Waals surface area contributed by atoms with Crippen molar-refractivity contribution in [2.24, 2.45) is 39.5 Å². The second-order valence-corrected chi connectivity index (χ2v) is 24.5. The van der Waals surface area contributed by atoms with Crippen molar-refractivity contribution >= 4 is 47.9 Å². The van der Waals surface area contributed by atoms with Crippen LogP contribution in [0.25, 0.3) is 0 Å². The van der Waals surface area contributed by atoms with Crippen LogP contribution in [-0.2, 0) is 44.5 Å². The summed E-state index contributed by atoms with van der Waals surface area (Å²) in [7, 11) is -10.4. The van der Waals surface area contributed by atoms with Crippen LogP contribution >= 0.6 is 0 Å². The van der Waals surface area contributed by atoms with Crippen molar-refractivity contribution in [3.05, 3.63) is 38.0 Å². The molecule has 0 spiro atoms. The quantitative estimate of drug-likeness (QED) is 0.0455. The molecular formula is C44H78N4O10S3. The largest absolute Gasteiger partial charge is 0.481 e. The predicted molar refractivity (Wildman–Crippen MR) is 243 cm³/mol. The average Bonchev–Trinajstić information content (AvgIpc) is 3.96. The van der Waals surface area contributed by atoms with E-state index in [4.69, 9.17) is 16.0 Å². The minimum Gasteiger partial charge on any atom is -0.481 e. The van der Waals surface area contributed by atoms with Gasteiger partial charge in [0.15, 0.2) is 0 Å². The van der Waals surface area contributed by atoms with Gasteiger partial charge in [-0.1, -0.05) is 78.0 Å². The van der Waals surface area contributed by atoms with Gasteiger partial charge in [-0.15, -0.1) is 19.7 Å². The first kappa shape index (κ1) is 54.5. The smallest absolute Gasteiger partial charge is 0.309 e. The molecule has 5 fully saturated rings. The van der Waals surface area contributed by atoms with Crippen molar-refractivity contribution in [3.63, 3.8) is 0 Å². The van der Waals surface area contributed by atoms with Crippen LogP contribution in [0.15, 0.2) is 38.0 Å². The number of carboxylic acids is 1. The van der Waals surface area contributed by atoms with Gasteiger partial charge in [0.05, 0.1) is 31.6 Å². The second kappa shape index (κ2) is 22.3. The molecule has 0 bridgehead atoms. The number of nitrogens with two attached hydrogens (primary N) is 2. The van der Waals surface area contributed by atoms with Crippen molar-refractivity contribution < 1.29 is 44.7 Å². The minimum atomic E-state index is -3.62. The molecule has 0 aromatic carbocycles. The monoisotopic (exact) mass is 918 g/mol. The van der Waals surface area contributed by atoms with E-state index in [0.29, 0.717) is 63.2 Å². The fourth-order valence-electron chi connectivity index (χ4n) is 8.09. The Morgan fingerprint density at radius 1 is 0.623 bits per heavy atom. The molecule has 0 aliphatic heterocycles. The number of primary sulfonamides is 1. The molecule has 0 aromatic heterocycles. The number of hydrogen-bond acceptors (Lipinski definition) is 10. The number of rotatable bonds is 25. The Kier molecular flexibility index (Phi) is 20.0. The summed E-state index contributed by atoms with van der Waals surface area (Å²) in [6.07, 6.45) is 22.1. The van der Waals surface area contributed by atoms with Gasteiger partial charge in [-0.05, 0) is 127 Å². The highest BCUT2D eigenvalue weighted by molar-refractivity contribution is 7.92. The molecule has 7 N–H and O–H groups in total. The summed E-state index contributed by atoms with van der Waals surface area (Å²) in [5.74, 6) is -0.491. The van der Waals surface area contributed by atoms with Gasteiger partial charge in [0.25, 0.3) is 5.91 Å². The van der Waals surface area contributed by atoms with Crippen molar-refractivity contribution in [3.8, 4) is 0 Å². The van der Waals surface area contributed by atoms with Gasteiger partial charge in [0.1, 0.15) is 0 Å². The van der Waals surface area contributed by atoms with Crippen LogP contribution in [0.4, 0.5) is 0 Å². The number of carboxylic acid groups (broad SMARTS) is 1. The Bertz CT molecular complexity index is 1780. The summed E-state index contributed by atoms with van der Waals surface area (Å²) in [6.45, 7) is 20.6. The third-order valence-electron chi connectivity index (χ3n) is 13.8. The standard InChI is InChI=1S/C16H27NO3S.C15H26N2O3S.C7H12O2.C6H13NO2S/c1-4-6-7-8-9-16(10-11-16)21(19,20)17-14(18)15(3)12-13(15)5-2;1-3-5-6-7-8-14(9-10-14)21(19,20)17-13(18)15(16)11-12(15)4-2;1-3-5-4-7(5,2)6(8)9;1-2-3-4-5-6-10(7,8)9/h4,13H,1,5-12H2,2-3H3,(H,17,18);3,12H,1,4-11,16H2,2H3,(H,17,18);5H,3-4H2,1-2H3,(H,8,9);2H,1,3-6H2,(H2,7,8,9)/t13-,15+;12-,15-;5-,7+;/m111./s1. The molecular weight excluding hydrogens is 841 g/mol. The predicted octanol–water partition coefficient (Wildman–Crippen LogP) is 7.12. The lowest BCUT2D eigenvalue weighted by atomic mass is 10.1. The van der Waals surface area contributed by atoms with Gasteiger partial charge < -0.3 is 10.8 Å². The molecule has 2 amide bonds. The summed E-state index contributed by atoms with van der Waals surface area (Å²) in [4.78, 5) is 34.8. The third-order valence-corrected chi connectivity index (χ3v) is 19.0. The Morgan fingerprint density at radius 2 is 1.00 bits per heavy atom. The van der Waals surface area contributed by atoms with Crippen LogP contribution < -0.4 is 20.3 Å². The van der Waals surface area contributed by atoms with Gasteiger partial charge in [0.2, 0.25) is 36.0 Å². The highest BCUT2D eigenvalue weighted by atomic mass is 32.2. The molecule has 5 aliphatic rings. The molecule has 5 saturated carbocycles. The van der Waals surface area contributed by atoms with Gasteiger partial charge in [-0.25, -0.2) is 30.4 Å². The molecule has 0 unspecified atom stereocenters. The van der Waals surface area contributed by atoms with E-state index in [0.717, 1.165) is 83.5 Å². The summed E-state index contributed by atoms with van der Waals surface area (Å²) in [6, 6.07) is 0. The Hall–Kier alpha value is -2.60. The molecule has 0 saturated heterocycles. The molecule has 5 aliphatic carbocycles. The normalized spacial score (nSPS) is 28.3. The molecule has 5 rings (SSSR count). The molecule has 6 atom stereocenters. The first-order chi connectivity index (χ1) is 28.3. The highest BCUT2D eigenvalue weighted by Crippen LogP contribution is 2.56. The zero-order valence-corrected chi connectivity index (χ0v) is 40.1. The number of nitrogens with one attached hydrogen (secondary N) is 2. The lowest BCUT2D eigenvalue weighted by Gasteiger charge is -2.19. The SMILES string of the molecule is C=CCCCCC1(S(=O)(=O)NC(=O)[C@@]2(C)C[C@H]2CC)CC1.C=CCCCCC1(S(=O)(=O)NC(=O)[C@@]2(N)C[C@H]2CC)CC1.C=CCCCCS(N)(=O)=O.CC[C@@H]1C[C@]1(C)C(=O)O. The van der Waals surface area contributed by atoms with Crippen LogP contribution in [0.2, 0.25) is 0 Å². The number of carbonyl (C=O) groups is 3. The van der Waals surface area contributed by atoms with Crippen LogP contribution in [0.3, 0.4) is 0 Å². The van der Waals surface area contributed by atoms with Crippen LogP contribution in [-0.4, -0.2) is 68.9 Å². The van der Waals surface area contributed by atoms with Gasteiger partial charge in [-0.2, -0.15) is 0 Å². The topological polar surface area (TPSA) is 250 Å². The van der Waals surface area contributed by atoms with E-state index < -0.39 is 62.4 Å². The zero-order chi connectivity index (χ0) is 46.6. The molecule has 61 heavy (non-hydrogen) atoms. The maximum absolute atomic E-state index is 12.5. The zero-order valence-electron chi connectivity index (χ0n) is 37.6. The molecule has 0 aromatic rings. The summed E-state index contributed by atoms with van der Waals surface area (Å²) < 4.78 is 73.8. The number of carbonyl (C=O) groups excluding carboxylic acids is 2. The number of hydrogen-bond donors (Lipinski definition) is 5. The Balaban J connectivity index is 0.000000300. The van der Waals surface area contributed by atoms with E-state index in [-0.39, 0.29) is 23.0 Å². The number of unbranched alkanes of at least 4 members (excludes halogenated alkanes) is 6. The van der Waals surface area contributed by atoms with E-state index in [1.54, 1.807) is 6.08 Å². The number of aliphatic carboxylic acids is 1. The molecule has 14 nitrogen and oxygen atoms in total. The van der Waals surface area contributed by atoms with E-state index in [9.17, 15) is 39.6 Å². The minimum absolute atomic E-state index is 0.0842. The third kappa shape index (κ3) is 15.3. The first-order valence-corrected chi connectivity index (χ1v) is 27.0. The molecule has 0 heterocycles. The van der Waals surface area contributed by atoms with Crippen LogP contribution in [0, 0.1) is 28.6 Å². The van der Waals surface area contributed by atoms with E-state index in [1.165, 1.54) is 0 Å². The van der Waals surface area contributed by atoms with Gasteiger partial charge in [0, 0.05) is 0 Å². The lowest BCUT2D eigenvalue weighted by molar-refractivity contribution is -0.143. The second-order valence-electron chi connectivity index (χ2n) is 18.6. The number of sulfonamides is 3. The fourth-order valence-corrected chi connectivity index (χ4v) is 12.1. The Morgan fingerprint density at radius 3 is 1.30 bits per heavy atom. The van der Waals surface area contributed by atoms with Crippen molar-refractivity contribution in [2.75, 3.05) is 5.75 Å². The van der Waals surface area contributed by atoms with Crippen LogP contribution in [0.5, 0.6) is 0 Å². The van der Waals surface area contributed by atoms with Crippen molar-refractivity contribution in [2.45, 2.75) is 184 Å². The molecule has 352 valence electrons. The first-order valence-electron chi connectivity index (χ1n) is 22.3. The van der Waals surface area contributed by atoms with Crippen molar-refractivity contribution in [1.82, 2.24) is 9.44 Å². The molecule has 0 radical (unpaired) electrons. The van der Waals surface area contributed by atoms with E-state index in [2.05, 4.69) is 29.2 Å². The molecule has 17 heteroatoms. The Labute approximate surface area is 368 Å².